The highest BCUT2D eigenvalue weighted by molar-refractivity contribution is 5.97. The van der Waals surface area contributed by atoms with Crippen LogP contribution < -0.4 is 0 Å². The smallest absolute Gasteiger partial charge is 0.0105 e. The van der Waals surface area contributed by atoms with Gasteiger partial charge in [0.25, 0.3) is 0 Å². The number of benzene rings is 3. The van der Waals surface area contributed by atoms with Gasteiger partial charge in [0.2, 0.25) is 0 Å². The van der Waals surface area contributed by atoms with Gasteiger partial charge in [0.05, 0.1) is 0 Å². The van der Waals surface area contributed by atoms with Crippen LogP contribution in [0.4, 0.5) is 0 Å². The Morgan fingerprint density at radius 3 is 1.95 bits per heavy atom. The highest BCUT2D eigenvalue weighted by Gasteiger charge is 2.07. The van der Waals surface area contributed by atoms with Crippen molar-refractivity contribution in [2.45, 2.75) is 13.8 Å². The van der Waals surface area contributed by atoms with E-state index in [0.717, 1.165) is 11.1 Å². The molecule has 0 nitrogen and oxygen atoms in total. The normalized spacial score (nSPS) is 10.6. The summed E-state index contributed by atoms with van der Waals surface area (Å²) >= 11 is 0. The third kappa shape index (κ3) is 2.60. The van der Waals surface area contributed by atoms with Crippen molar-refractivity contribution in [3.05, 3.63) is 84.9 Å². The first-order valence-electron chi connectivity index (χ1n) is 7.51. The lowest BCUT2D eigenvalue weighted by Gasteiger charge is -2.12. The van der Waals surface area contributed by atoms with Crippen LogP contribution in [0.5, 0.6) is 0 Å². The lowest BCUT2D eigenvalue weighted by molar-refractivity contribution is 1.51. The Balaban J connectivity index is 2.30. The summed E-state index contributed by atoms with van der Waals surface area (Å²) in [5.74, 6) is 0. The molecule has 0 unspecified atom stereocenters. The average Bonchev–Trinajstić information content (AvgIpc) is 2.53. The Hall–Kier alpha value is -2.60. The molecule has 0 amide bonds. The molecule has 0 aliphatic heterocycles. The third-order valence-corrected chi connectivity index (χ3v) is 4.02. The van der Waals surface area contributed by atoms with E-state index in [1.54, 1.807) is 0 Å². The van der Waals surface area contributed by atoms with Crippen molar-refractivity contribution in [3.8, 4) is 11.1 Å². The Morgan fingerprint density at radius 1 is 0.727 bits per heavy atom. The lowest BCUT2D eigenvalue weighted by atomic mass is 9.92. The molecule has 0 radical (unpaired) electrons. The van der Waals surface area contributed by atoms with Gasteiger partial charge in [-0.05, 0) is 65.1 Å². The minimum absolute atomic E-state index is 1.07. The van der Waals surface area contributed by atoms with Crippen molar-refractivity contribution in [2.24, 2.45) is 0 Å². The summed E-state index contributed by atoms with van der Waals surface area (Å²) in [4.78, 5) is 0. The number of hydrogen-bond donors (Lipinski definition) is 0. The van der Waals surface area contributed by atoms with Crippen molar-refractivity contribution >= 4 is 21.9 Å². The maximum atomic E-state index is 4.09. The molecule has 0 N–H and O–H groups in total. The first kappa shape index (κ1) is 14.3. The molecular formula is C22H20. The average molecular weight is 284 g/mol. The van der Waals surface area contributed by atoms with Gasteiger partial charge in [0, 0.05) is 0 Å². The molecule has 22 heavy (non-hydrogen) atoms. The van der Waals surface area contributed by atoms with Crippen molar-refractivity contribution in [3.63, 3.8) is 0 Å². The van der Waals surface area contributed by atoms with E-state index in [9.17, 15) is 0 Å². The summed E-state index contributed by atoms with van der Waals surface area (Å²) in [5.41, 5.74) is 6.96. The van der Waals surface area contributed by atoms with Crippen LogP contribution in [0.3, 0.4) is 0 Å². The molecule has 0 saturated carbocycles. The van der Waals surface area contributed by atoms with Crippen molar-refractivity contribution in [1.29, 1.82) is 0 Å². The highest BCUT2D eigenvalue weighted by Crippen LogP contribution is 2.32. The van der Waals surface area contributed by atoms with Crippen LogP contribution in [0.2, 0.25) is 0 Å². The topological polar surface area (TPSA) is 0 Å². The van der Waals surface area contributed by atoms with E-state index in [0.29, 0.717) is 0 Å². The largest absolute Gasteiger partial charge is 0.0955 e. The quantitative estimate of drug-likeness (QED) is 0.510. The lowest BCUT2D eigenvalue weighted by Crippen LogP contribution is -1.88. The summed E-state index contributed by atoms with van der Waals surface area (Å²) in [6, 6.07) is 21.6. The second-order valence-corrected chi connectivity index (χ2v) is 5.89. The molecule has 0 spiro atoms. The predicted octanol–water partition coefficient (Wildman–Crippen LogP) is 6.57. The molecule has 108 valence electrons. The summed E-state index contributed by atoms with van der Waals surface area (Å²) < 4.78 is 0. The Kier molecular flexibility index (Phi) is 3.68. The van der Waals surface area contributed by atoms with Crippen LogP contribution >= 0.6 is 0 Å². The van der Waals surface area contributed by atoms with Gasteiger partial charge in [-0.15, -0.1) is 0 Å². The zero-order valence-electron chi connectivity index (χ0n) is 13.2. The van der Waals surface area contributed by atoms with Crippen molar-refractivity contribution in [2.75, 3.05) is 0 Å². The number of hydrogen-bond acceptors (Lipinski definition) is 0. The van der Waals surface area contributed by atoms with Gasteiger partial charge in [0.1, 0.15) is 0 Å². The highest BCUT2D eigenvalue weighted by atomic mass is 14.1. The molecule has 0 aromatic heterocycles. The van der Waals surface area contributed by atoms with Crippen LogP contribution in [-0.4, -0.2) is 0 Å². The maximum absolute atomic E-state index is 4.09. The van der Waals surface area contributed by atoms with Crippen LogP contribution in [0, 0.1) is 0 Å². The molecule has 0 aliphatic rings. The maximum Gasteiger partial charge on any atom is -0.0105 e. The standard InChI is InChI=1S/C22H20/c1-15(2)18-12-19(16(3)4)14-20(13-18)22-11-7-9-17-8-5-6-10-21(17)22/h5-14H,1,3H2,2,4H3. The number of rotatable bonds is 3. The van der Waals surface area contributed by atoms with Gasteiger partial charge >= 0.3 is 0 Å². The first-order chi connectivity index (χ1) is 10.6. The molecule has 0 fully saturated rings. The van der Waals surface area contributed by atoms with E-state index in [4.69, 9.17) is 0 Å². The molecular weight excluding hydrogens is 264 g/mol. The van der Waals surface area contributed by atoms with Crippen LogP contribution in [-0.2, 0) is 0 Å². The van der Waals surface area contributed by atoms with E-state index in [2.05, 4.69) is 73.8 Å². The Labute approximate surface area is 132 Å². The molecule has 0 aliphatic carbocycles. The second-order valence-electron chi connectivity index (χ2n) is 5.89. The van der Waals surface area contributed by atoms with Crippen LogP contribution in [0.15, 0.2) is 73.8 Å². The summed E-state index contributed by atoms with van der Waals surface area (Å²) in [6.45, 7) is 12.3. The predicted molar refractivity (Wildman–Crippen MR) is 98.8 cm³/mol. The van der Waals surface area contributed by atoms with Crippen LogP contribution in [0.25, 0.3) is 33.0 Å². The molecule has 0 heteroatoms. The van der Waals surface area contributed by atoms with Gasteiger partial charge in [-0.2, -0.15) is 0 Å². The minimum Gasteiger partial charge on any atom is -0.0955 e. The SMILES string of the molecule is C=C(C)c1cc(C(=C)C)cc(-c2cccc3ccccc23)c1. The molecule has 0 saturated heterocycles. The Bertz CT molecular complexity index is 844. The van der Waals surface area contributed by atoms with E-state index in [1.807, 2.05) is 13.8 Å². The first-order valence-corrected chi connectivity index (χ1v) is 7.51. The van der Waals surface area contributed by atoms with Crippen molar-refractivity contribution in [1.82, 2.24) is 0 Å². The van der Waals surface area contributed by atoms with Gasteiger partial charge in [-0.3, -0.25) is 0 Å². The Morgan fingerprint density at radius 2 is 1.32 bits per heavy atom. The zero-order valence-corrected chi connectivity index (χ0v) is 13.2. The summed E-state index contributed by atoms with van der Waals surface area (Å²) in [7, 11) is 0. The van der Waals surface area contributed by atoms with Gasteiger partial charge in [-0.1, -0.05) is 66.8 Å². The van der Waals surface area contributed by atoms with Crippen LogP contribution in [0.1, 0.15) is 25.0 Å². The summed E-state index contributed by atoms with van der Waals surface area (Å²) in [5, 5.41) is 2.54. The van der Waals surface area contributed by atoms with E-state index in [-0.39, 0.29) is 0 Å². The fourth-order valence-electron chi connectivity index (χ4n) is 2.75. The minimum atomic E-state index is 1.07. The molecule has 3 aromatic carbocycles. The van der Waals surface area contributed by atoms with E-state index < -0.39 is 0 Å². The van der Waals surface area contributed by atoms with E-state index >= 15 is 0 Å². The van der Waals surface area contributed by atoms with E-state index in [1.165, 1.54) is 33.0 Å². The molecule has 0 atom stereocenters. The fourth-order valence-corrected chi connectivity index (χ4v) is 2.75. The van der Waals surface area contributed by atoms with Gasteiger partial charge in [0.15, 0.2) is 0 Å². The molecule has 3 rings (SSSR count). The number of fused-ring (bicyclic) bond motifs is 1. The number of allylic oxidation sites excluding steroid dienone is 2. The molecule has 0 heterocycles. The molecule has 3 aromatic rings. The molecule has 0 bridgehead atoms. The second kappa shape index (κ2) is 5.65. The summed E-state index contributed by atoms with van der Waals surface area (Å²) in [6.07, 6.45) is 0. The zero-order chi connectivity index (χ0) is 15.7. The fraction of sp³-hybridized carbons (Fsp3) is 0.0909. The van der Waals surface area contributed by atoms with Gasteiger partial charge < -0.3 is 0 Å². The van der Waals surface area contributed by atoms with Crippen molar-refractivity contribution < 1.29 is 0 Å². The van der Waals surface area contributed by atoms with Gasteiger partial charge in [-0.25, -0.2) is 0 Å². The monoisotopic (exact) mass is 284 g/mol. The third-order valence-electron chi connectivity index (χ3n) is 4.02.